The smallest absolute Gasteiger partial charge is 0.339 e. The molecule has 2 aromatic rings. The number of carboxylic acids is 1. The number of carboxylic acid groups (broad SMARTS) is 1. The third kappa shape index (κ3) is 6.13. The lowest BCUT2D eigenvalue weighted by Gasteiger charge is -2.17. The Morgan fingerprint density at radius 3 is 2.26 bits per heavy atom. The molecule has 0 radical (unpaired) electrons. The summed E-state index contributed by atoms with van der Waals surface area (Å²) in [6.07, 6.45) is 6.78. The van der Waals surface area contributed by atoms with Gasteiger partial charge in [-0.15, -0.1) is 0 Å². The summed E-state index contributed by atoms with van der Waals surface area (Å²) < 4.78 is 0. The third-order valence-corrected chi connectivity index (χ3v) is 5.19. The highest BCUT2D eigenvalue weighted by Gasteiger charge is 2.20. The van der Waals surface area contributed by atoms with Crippen molar-refractivity contribution in [2.45, 2.75) is 65.2 Å². The predicted octanol–water partition coefficient (Wildman–Crippen LogP) is 6.39. The summed E-state index contributed by atoms with van der Waals surface area (Å²) in [7, 11) is 0. The number of unbranched alkanes of at least 4 members (excludes halogenated alkanes) is 3. The molecule has 146 valence electrons. The van der Waals surface area contributed by atoms with Gasteiger partial charge in [-0.1, -0.05) is 82.9 Å². The monoisotopic (exact) mass is 368 g/mol. The van der Waals surface area contributed by atoms with E-state index in [1.807, 2.05) is 43.3 Å². The largest absolute Gasteiger partial charge is 0.507 e. The summed E-state index contributed by atoms with van der Waals surface area (Å²) in [5.41, 5.74) is 2.75. The van der Waals surface area contributed by atoms with Gasteiger partial charge in [-0.3, -0.25) is 0 Å². The van der Waals surface area contributed by atoms with Crippen molar-refractivity contribution in [2.75, 3.05) is 0 Å². The summed E-state index contributed by atoms with van der Waals surface area (Å²) in [5, 5.41) is 20.0. The van der Waals surface area contributed by atoms with Crippen LogP contribution in [0.5, 0.6) is 5.75 Å². The van der Waals surface area contributed by atoms with Crippen LogP contribution in [0.25, 0.3) is 0 Å². The van der Waals surface area contributed by atoms with Crippen molar-refractivity contribution in [1.82, 2.24) is 0 Å². The number of rotatable bonds is 10. The second kappa shape index (κ2) is 10.1. The van der Waals surface area contributed by atoms with Gasteiger partial charge in [-0.2, -0.15) is 0 Å². The van der Waals surface area contributed by atoms with Gasteiger partial charge in [0.1, 0.15) is 11.3 Å². The lowest BCUT2D eigenvalue weighted by molar-refractivity contribution is 0.0693. The molecule has 1 unspecified atom stereocenters. The van der Waals surface area contributed by atoms with Crippen LogP contribution >= 0.6 is 0 Å². The van der Waals surface area contributed by atoms with E-state index in [2.05, 4.69) is 13.8 Å². The summed E-state index contributed by atoms with van der Waals surface area (Å²) in [6, 6.07) is 13.5. The maximum Gasteiger partial charge on any atom is 0.339 e. The Hall–Kier alpha value is -2.29. The Balaban J connectivity index is 2.13. The number of carbonyl (C=O) groups is 1. The van der Waals surface area contributed by atoms with Crippen molar-refractivity contribution in [1.29, 1.82) is 0 Å². The molecule has 0 spiro atoms. The number of aromatic hydroxyl groups is 1. The molecule has 0 bridgehead atoms. The first-order valence-electron chi connectivity index (χ1n) is 10.0. The van der Waals surface area contributed by atoms with Gasteiger partial charge in [0, 0.05) is 11.5 Å². The molecule has 0 aromatic heterocycles. The standard InChI is InChI=1S/C24H32O3/c1-17(2)11-7-4-5-8-12-19-15-21(23(25)22(16-19)24(26)27)18(3)20-13-9-6-10-14-20/h6,9-10,13-18,25H,4-5,7-8,11-12H2,1-3H3,(H,26,27). The first-order chi connectivity index (χ1) is 12.9. The van der Waals surface area contributed by atoms with Gasteiger partial charge >= 0.3 is 5.97 Å². The summed E-state index contributed by atoms with van der Waals surface area (Å²) in [6.45, 7) is 6.50. The van der Waals surface area contributed by atoms with E-state index in [-0.39, 0.29) is 17.2 Å². The van der Waals surface area contributed by atoms with E-state index in [4.69, 9.17) is 0 Å². The highest BCUT2D eigenvalue weighted by Crippen LogP contribution is 2.35. The number of hydrogen-bond acceptors (Lipinski definition) is 2. The topological polar surface area (TPSA) is 57.5 Å². The Kier molecular flexibility index (Phi) is 7.90. The van der Waals surface area contributed by atoms with Crippen LogP contribution < -0.4 is 0 Å². The number of aromatic carboxylic acids is 1. The van der Waals surface area contributed by atoms with Gasteiger partial charge in [-0.05, 0) is 36.0 Å². The summed E-state index contributed by atoms with van der Waals surface area (Å²) >= 11 is 0. The molecule has 0 heterocycles. The highest BCUT2D eigenvalue weighted by molar-refractivity contribution is 5.91. The van der Waals surface area contributed by atoms with Gasteiger partial charge in [0.15, 0.2) is 0 Å². The predicted molar refractivity (Wildman–Crippen MR) is 111 cm³/mol. The Bertz CT molecular complexity index is 735. The fourth-order valence-corrected chi connectivity index (χ4v) is 3.51. The zero-order valence-electron chi connectivity index (χ0n) is 16.7. The number of aryl methyl sites for hydroxylation is 1. The van der Waals surface area contributed by atoms with Crippen LogP contribution in [0, 0.1) is 5.92 Å². The second-order valence-corrected chi connectivity index (χ2v) is 7.87. The van der Waals surface area contributed by atoms with E-state index in [0.29, 0.717) is 5.56 Å². The number of hydrogen-bond donors (Lipinski definition) is 2. The summed E-state index contributed by atoms with van der Waals surface area (Å²) in [5.74, 6) is -0.495. The molecular formula is C24H32O3. The van der Waals surface area contributed by atoms with E-state index in [1.54, 1.807) is 6.07 Å². The molecule has 1 atom stereocenters. The molecule has 0 amide bonds. The normalized spacial score (nSPS) is 12.3. The van der Waals surface area contributed by atoms with E-state index in [1.165, 1.54) is 19.3 Å². The van der Waals surface area contributed by atoms with Gasteiger partial charge in [-0.25, -0.2) is 4.79 Å². The van der Waals surface area contributed by atoms with E-state index in [0.717, 1.165) is 36.3 Å². The van der Waals surface area contributed by atoms with Gasteiger partial charge in [0.2, 0.25) is 0 Å². The van der Waals surface area contributed by atoms with E-state index in [9.17, 15) is 15.0 Å². The molecule has 2 N–H and O–H groups in total. The van der Waals surface area contributed by atoms with Crippen LogP contribution in [-0.2, 0) is 6.42 Å². The average molecular weight is 369 g/mol. The number of benzene rings is 2. The van der Waals surface area contributed by atoms with Crippen molar-refractivity contribution >= 4 is 5.97 Å². The maximum absolute atomic E-state index is 11.6. The molecule has 0 saturated heterocycles. The van der Waals surface area contributed by atoms with Gasteiger partial charge in [0.25, 0.3) is 0 Å². The molecule has 2 rings (SSSR count). The molecule has 0 fully saturated rings. The van der Waals surface area contributed by atoms with Crippen molar-refractivity contribution in [3.8, 4) is 5.75 Å². The van der Waals surface area contributed by atoms with E-state index >= 15 is 0 Å². The lowest BCUT2D eigenvalue weighted by atomic mass is 9.88. The second-order valence-electron chi connectivity index (χ2n) is 7.87. The molecule has 0 saturated carbocycles. The maximum atomic E-state index is 11.6. The minimum atomic E-state index is -1.08. The van der Waals surface area contributed by atoms with E-state index < -0.39 is 5.97 Å². The molecule has 27 heavy (non-hydrogen) atoms. The average Bonchev–Trinajstić information content (AvgIpc) is 2.65. The van der Waals surface area contributed by atoms with Crippen LogP contribution in [0.1, 0.15) is 85.8 Å². The third-order valence-electron chi connectivity index (χ3n) is 5.19. The Morgan fingerprint density at radius 2 is 1.63 bits per heavy atom. The summed E-state index contributed by atoms with van der Waals surface area (Å²) in [4.78, 5) is 11.6. The van der Waals surface area contributed by atoms with Gasteiger partial charge < -0.3 is 10.2 Å². The van der Waals surface area contributed by atoms with Crippen molar-refractivity contribution in [2.24, 2.45) is 5.92 Å². The molecule has 2 aromatic carbocycles. The first kappa shape index (κ1) is 21.0. The van der Waals surface area contributed by atoms with Crippen LogP contribution in [0.15, 0.2) is 42.5 Å². The SMILES string of the molecule is CC(C)CCCCCCc1cc(C(=O)O)c(O)c(C(C)c2ccccc2)c1. The molecule has 3 heteroatoms. The molecule has 3 nitrogen and oxygen atoms in total. The molecule has 0 aliphatic carbocycles. The lowest BCUT2D eigenvalue weighted by Crippen LogP contribution is -2.05. The van der Waals surface area contributed by atoms with Crippen LogP contribution in [-0.4, -0.2) is 16.2 Å². The number of phenols is 1. The molecule has 0 aliphatic rings. The first-order valence-corrected chi connectivity index (χ1v) is 10.0. The Morgan fingerprint density at radius 1 is 0.963 bits per heavy atom. The molecule has 0 aliphatic heterocycles. The minimum Gasteiger partial charge on any atom is -0.507 e. The van der Waals surface area contributed by atoms with Crippen LogP contribution in [0.2, 0.25) is 0 Å². The quantitative estimate of drug-likeness (QED) is 0.478. The van der Waals surface area contributed by atoms with Crippen LogP contribution in [0.3, 0.4) is 0 Å². The Labute approximate surface area is 163 Å². The molecular weight excluding hydrogens is 336 g/mol. The van der Waals surface area contributed by atoms with Crippen molar-refractivity contribution < 1.29 is 15.0 Å². The highest BCUT2D eigenvalue weighted by atomic mass is 16.4. The fraction of sp³-hybridized carbons (Fsp3) is 0.458. The zero-order valence-corrected chi connectivity index (χ0v) is 16.7. The minimum absolute atomic E-state index is 0.00471. The fourth-order valence-electron chi connectivity index (χ4n) is 3.51. The van der Waals surface area contributed by atoms with Gasteiger partial charge in [0.05, 0.1) is 0 Å². The van der Waals surface area contributed by atoms with Crippen LogP contribution in [0.4, 0.5) is 0 Å². The van der Waals surface area contributed by atoms with Crippen molar-refractivity contribution in [3.63, 3.8) is 0 Å². The zero-order chi connectivity index (χ0) is 19.8. The van der Waals surface area contributed by atoms with Crippen molar-refractivity contribution in [3.05, 3.63) is 64.7 Å².